The van der Waals surface area contributed by atoms with Crippen molar-refractivity contribution in [1.29, 1.82) is 0 Å². The molecule has 1 unspecified atom stereocenters. The number of thiophene rings is 1. The zero-order valence-corrected chi connectivity index (χ0v) is 16.8. The average molecular weight is 395 g/mol. The van der Waals surface area contributed by atoms with Gasteiger partial charge < -0.3 is 15.0 Å². The molecule has 0 bridgehead atoms. The molecular formula is C22H26N4OS. The Hall–Kier alpha value is -2.02. The highest BCUT2D eigenvalue weighted by atomic mass is 32.1. The highest BCUT2D eigenvalue weighted by Crippen LogP contribution is 2.35. The molecule has 0 saturated carbocycles. The van der Waals surface area contributed by atoms with Crippen LogP contribution in [-0.4, -0.2) is 53.8 Å². The molecule has 0 aliphatic carbocycles. The molecule has 4 heterocycles. The number of rotatable bonds is 5. The average Bonchev–Trinajstić information content (AvgIpc) is 3.40. The molecule has 0 amide bonds. The summed E-state index contributed by atoms with van der Waals surface area (Å²) in [5.74, 6) is 1.71. The van der Waals surface area contributed by atoms with Crippen LogP contribution in [0.3, 0.4) is 0 Å². The summed E-state index contributed by atoms with van der Waals surface area (Å²) in [6.45, 7) is 5.38. The van der Waals surface area contributed by atoms with E-state index >= 15 is 0 Å². The Balaban J connectivity index is 1.26. The zero-order valence-electron chi connectivity index (χ0n) is 16.0. The molecule has 6 heteroatoms. The second-order valence-electron chi connectivity index (χ2n) is 7.87. The van der Waals surface area contributed by atoms with E-state index in [1.54, 1.807) is 17.7 Å². The normalized spacial score (nSPS) is 21.4. The number of piperidine rings is 1. The Morgan fingerprint density at radius 1 is 1.11 bits per heavy atom. The van der Waals surface area contributed by atoms with E-state index in [0.717, 1.165) is 61.1 Å². The highest BCUT2D eigenvalue weighted by Gasteiger charge is 2.24. The topological polar surface area (TPSA) is 50.3 Å². The van der Waals surface area contributed by atoms with Gasteiger partial charge in [0.15, 0.2) is 0 Å². The van der Waals surface area contributed by atoms with Crippen LogP contribution in [-0.2, 0) is 4.74 Å². The minimum Gasteiger partial charge on any atom is -0.381 e. The van der Waals surface area contributed by atoms with Crippen molar-refractivity contribution in [2.45, 2.75) is 25.3 Å². The summed E-state index contributed by atoms with van der Waals surface area (Å²) in [7, 11) is 0. The van der Waals surface area contributed by atoms with Crippen LogP contribution in [0.15, 0.2) is 42.7 Å². The predicted molar refractivity (Wildman–Crippen MR) is 115 cm³/mol. The van der Waals surface area contributed by atoms with Gasteiger partial charge in [-0.25, -0.2) is 9.97 Å². The van der Waals surface area contributed by atoms with E-state index in [1.807, 2.05) is 0 Å². The van der Waals surface area contributed by atoms with E-state index in [-0.39, 0.29) is 0 Å². The lowest BCUT2D eigenvalue weighted by Crippen LogP contribution is -2.41. The van der Waals surface area contributed by atoms with Crippen molar-refractivity contribution in [2.75, 3.05) is 38.2 Å². The first-order valence-corrected chi connectivity index (χ1v) is 11.0. The van der Waals surface area contributed by atoms with Gasteiger partial charge in [0, 0.05) is 37.2 Å². The fraction of sp³-hybridized carbons (Fsp3) is 0.455. The number of benzene rings is 1. The first-order valence-electron chi connectivity index (χ1n) is 10.2. The van der Waals surface area contributed by atoms with Gasteiger partial charge in [0.2, 0.25) is 0 Å². The van der Waals surface area contributed by atoms with E-state index in [4.69, 9.17) is 4.74 Å². The summed E-state index contributed by atoms with van der Waals surface area (Å²) >= 11 is 1.73. The summed E-state index contributed by atoms with van der Waals surface area (Å²) in [6.07, 6.45) is 5.23. The van der Waals surface area contributed by atoms with Crippen molar-refractivity contribution < 1.29 is 4.74 Å². The third-order valence-corrected chi connectivity index (χ3v) is 6.95. The minimum absolute atomic E-state index is 0.481. The number of aromatic nitrogens is 2. The molecule has 5 rings (SSSR count). The Morgan fingerprint density at radius 2 is 1.96 bits per heavy atom. The van der Waals surface area contributed by atoms with E-state index in [1.165, 1.54) is 23.4 Å². The number of hydrogen-bond donors (Lipinski definition) is 1. The second-order valence-corrected chi connectivity index (χ2v) is 8.90. The van der Waals surface area contributed by atoms with Crippen molar-refractivity contribution in [3.63, 3.8) is 0 Å². The van der Waals surface area contributed by atoms with Gasteiger partial charge in [-0.05, 0) is 36.8 Å². The maximum absolute atomic E-state index is 5.52. The van der Waals surface area contributed by atoms with Crippen molar-refractivity contribution in [2.24, 2.45) is 5.92 Å². The van der Waals surface area contributed by atoms with Gasteiger partial charge in [0.05, 0.1) is 12.0 Å². The standard InChI is InChI=1S/C22H26N4OS/c1-2-4-17(5-3-1)20-12-19-21(23-15-24-22(19)28-20)25-18-6-9-26(10-7-18)13-16-8-11-27-14-16/h1-5,12,15-16,18H,6-11,13-14H2,(H,23,24,25). The molecule has 146 valence electrons. The summed E-state index contributed by atoms with van der Waals surface area (Å²) in [4.78, 5) is 14.0. The van der Waals surface area contributed by atoms with Crippen LogP contribution in [0, 0.1) is 5.92 Å². The number of anilines is 1. The maximum Gasteiger partial charge on any atom is 0.138 e. The Kier molecular flexibility index (Phi) is 5.25. The lowest BCUT2D eigenvalue weighted by Gasteiger charge is -2.33. The second kappa shape index (κ2) is 8.15. The van der Waals surface area contributed by atoms with Crippen LogP contribution in [0.4, 0.5) is 5.82 Å². The summed E-state index contributed by atoms with van der Waals surface area (Å²) in [5.41, 5.74) is 1.24. The van der Waals surface area contributed by atoms with Gasteiger partial charge >= 0.3 is 0 Å². The SMILES string of the molecule is c1ccc(-c2cc3c(NC4CCN(CC5CCOC5)CC4)ncnc3s2)cc1. The number of ether oxygens (including phenoxy) is 1. The molecule has 2 saturated heterocycles. The van der Waals surface area contributed by atoms with E-state index in [9.17, 15) is 0 Å². The number of hydrogen-bond acceptors (Lipinski definition) is 6. The van der Waals surface area contributed by atoms with Crippen LogP contribution in [0.2, 0.25) is 0 Å². The quantitative estimate of drug-likeness (QED) is 0.700. The molecule has 2 aliphatic rings. The van der Waals surface area contributed by atoms with Crippen LogP contribution >= 0.6 is 11.3 Å². The third kappa shape index (κ3) is 3.90. The van der Waals surface area contributed by atoms with Crippen molar-refractivity contribution >= 4 is 27.4 Å². The molecule has 2 aliphatic heterocycles. The van der Waals surface area contributed by atoms with Crippen LogP contribution in [0.1, 0.15) is 19.3 Å². The number of fused-ring (bicyclic) bond motifs is 1. The van der Waals surface area contributed by atoms with E-state index in [0.29, 0.717) is 6.04 Å². The molecule has 0 radical (unpaired) electrons. The van der Waals surface area contributed by atoms with Gasteiger partial charge in [-0.2, -0.15) is 0 Å². The highest BCUT2D eigenvalue weighted by molar-refractivity contribution is 7.21. The lowest BCUT2D eigenvalue weighted by atomic mass is 10.0. The van der Waals surface area contributed by atoms with Crippen LogP contribution in [0.25, 0.3) is 20.7 Å². The van der Waals surface area contributed by atoms with Crippen molar-refractivity contribution in [1.82, 2.24) is 14.9 Å². The third-order valence-electron chi connectivity index (χ3n) is 5.86. The number of nitrogens with zero attached hydrogens (tertiary/aromatic N) is 3. The number of likely N-dealkylation sites (tertiary alicyclic amines) is 1. The molecular weight excluding hydrogens is 368 g/mol. The minimum atomic E-state index is 0.481. The Labute approximate surface area is 169 Å². The summed E-state index contributed by atoms with van der Waals surface area (Å²) < 4.78 is 5.52. The van der Waals surface area contributed by atoms with Gasteiger partial charge in [0.1, 0.15) is 17.0 Å². The molecule has 5 nitrogen and oxygen atoms in total. The van der Waals surface area contributed by atoms with Crippen LogP contribution in [0.5, 0.6) is 0 Å². The largest absolute Gasteiger partial charge is 0.381 e. The molecule has 2 aromatic heterocycles. The van der Waals surface area contributed by atoms with Gasteiger partial charge in [-0.3, -0.25) is 0 Å². The molecule has 1 aromatic carbocycles. The molecule has 28 heavy (non-hydrogen) atoms. The summed E-state index contributed by atoms with van der Waals surface area (Å²) in [5, 5.41) is 4.84. The number of nitrogens with one attached hydrogen (secondary N) is 1. The monoisotopic (exact) mass is 394 g/mol. The van der Waals surface area contributed by atoms with Gasteiger partial charge in [-0.15, -0.1) is 11.3 Å². The molecule has 0 spiro atoms. The van der Waals surface area contributed by atoms with Crippen molar-refractivity contribution in [3.8, 4) is 10.4 Å². The maximum atomic E-state index is 5.52. The zero-order chi connectivity index (χ0) is 18.8. The molecule has 1 N–H and O–H groups in total. The van der Waals surface area contributed by atoms with E-state index < -0.39 is 0 Å². The van der Waals surface area contributed by atoms with Crippen LogP contribution < -0.4 is 5.32 Å². The fourth-order valence-corrected chi connectivity index (χ4v) is 5.27. The van der Waals surface area contributed by atoms with Crippen molar-refractivity contribution in [3.05, 3.63) is 42.7 Å². The first kappa shape index (κ1) is 18.0. The fourth-order valence-electron chi connectivity index (χ4n) is 4.26. The lowest BCUT2D eigenvalue weighted by molar-refractivity contribution is 0.154. The first-order chi connectivity index (χ1) is 13.8. The van der Waals surface area contributed by atoms with Gasteiger partial charge in [-0.1, -0.05) is 30.3 Å². The van der Waals surface area contributed by atoms with Gasteiger partial charge in [0.25, 0.3) is 0 Å². The smallest absolute Gasteiger partial charge is 0.138 e. The Bertz CT molecular complexity index is 915. The van der Waals surface area contributed by atoms with E-state index in [2.05, 4.69) is 56.6 Å². The summed E-state index contributed by atoms with van der Waals surface area (Å²) in [6, 6.07) is 13.2. The Morgan fingerprint density at radius 3 is 2.75 bits per heavy atom. The molecule has 1 atom stereocenters. The molecule has 3 aromatic rings. The predicted octanol–water partition coefficient (Wildman–Crippen LogP) is 4.27. The molecule has 2 fully saturated rings.